The number of phenolic OH excluding ortho intramolecular Hbond substituents is 1. The van der Waals surface area contributed by atoms with Gasteiger partial charge < -0.3 is 41.2 Å². The van der Waals surface area contributed by atoms with Crippen molar-refractivity contribution >= 4 is 23.2 Å². The van der Waals surface area contributed by atoms with Crippen LogP contribution in [0.5, 0.6) is 11.5 Å². The van der Waals surface area contributed by atoms with Crippen molar-refractivity contribution in [2.75, 3.05) is 51.3 Å². The maximum atomic E-state index is 13.3. The molecule has 2 aromatic carbocycles. The molecule has 0 atom stereocenters. The number of nitrogens with zero attached hydrogens (tertiary/aromatic N) is 1. The minimum atomic E-state index is -0.277. The molecule has 10 heteroatoms. The molecule has 0 unspecified atom stereocenters. The molecule has 4 rings (SSSR count). The van der Waals surface area contributed by atoms with Gasteiger partial charge in [0.1, 0.15) is 17.6 Å². The molecule has 1 aliphatic heterocycles. The number of fused-ring (bicyclic) bond motifs is 1. The molecule has 2 amide bonds. The van der Waals surface area contributed by atoms with Crippen LogP contribution in [0.1, 0.15) is 62.1 Å². The van der Waals surface area contributed by atoms with Gasteiger partial charge in [0.2, 0.25) is 5.91 Å². The van der Waals surface area contributed by atoms with Crippen molar-refractivity contribution in [3.05, 3.63) is 59.3 Å². The molecule has 0 bridgehead atoms. The van der Waals surface area contributed by atoms with E-state index in [9.17, 15) is 14.7 Å². The number of carbonyl (C=O) groups is 2. The number of phenols is 1. The summed E-state index contributed by atoms with van der Waals surface area (Å²) in [7, 11) is 0. The summed E-state index contributed by atoms with van der Waals surface area (Å²) in [5.74, 6) is 0.400. The summed E-state index contributed by atoms with van der Waals surface area (Å²) in [6.45, 7) is 5.96. The lowest BCUT2D eigenvalue weighted by atomic mass is 9.94. The summed E-state index contributed by atoms with van der Waals surface area (Å²) >= 11 is 0. The summed E-state index contributed by atoms with van der Waals surface area (Å²) in [5, 5.41) is 18.3. The molecule has 1 fully saturated rings. The monoisotopic (exact) mass is 594 g/mol. The van der Waals surface area contributed by atoms with E-state index in [1.54, 1.807) is 6.07 Å². The largest absolute Gasteiger partial charge is 0.506 e. The second kappa shape index (κ2) is 16.9. The Morgan fingerprint density at radius 2 is 2.02 bits per heavy atom. The molecular weight excluding hydrogens is 546 g/mol. The van der Waals surface area contributed by atoms with Crippen molar-refractivity contribution in [1.82, 2.24) is 10.2 Å². The summed E-state index contributed by atoms with van der Waals surface area (Å²) in [6, 6.07) is 11.9. The first kappa shape index (κ1) is 32.3. The van der Waals surface area contributed by atoms with Gasteiger partial charge in [-0.3, -0.25) is 9.59 Å². The number of aromatic hydroxyl groups is 1. The lowest BCUT2D eigenvalue weighted by Gasteiger charge is -2.34. The molecule has 1 aliphatic carbocycles. The second-order valence-electron chi connectivity index (χ2n) is 11.2. The van der Waals surface area contributed by atoms with E-state index in [1.165, 1.54) is 6.42 Å². The predicted octanol–water partition coefficient (Wildman–Crippen LogP) is 2.51. The molecule has 10 nitrogen and oxygen atoms in total. The normalized spacial score (nSPS) is 15.5. The van der Waals surface area contributed by atoms with Gasteiger partial charge in [-0.05, 0) is 62.4 Å². The van der Waals surface area contributed by atoms with Gasteiger partial charge in [-0.15, -0.1) is 0 Å². The number of hydrogen-bond donors (Lipinski definition) is 5. The number of nitrogens with two attached hydrogens (primary N) is 2. The fourth-order valence-corrected chi connectivity index (χ4v) is 5.70. The van der Waals surface area contributed by atoms with E-state index in [1.807, 2.05) is 24.4 Å². The Kier molecular flexibility index (Phi) is 12.7. The Morgan fingerprint density at radius 1 is 1.19 bits per heavy atom. The van der Waals surface area contributed by atoms with E-state index in [4.69, 9.17) is 15.2 Å². The number of hydrogen-bond acceptors (Lipinski definition) is 7. The zero-order valence-electron chi connectivity index (χ0n) is 25.4. The van der Waals surface area contributed by atoms with Gasteiger partial charge in [0.25, 0.3) is 5.91 Å². The smallest absolute Gasteiger partial charge is 0.262 e. The highest BCUT2D eigenvalue weighted by Gasteiger charge is 2.25. The number of amides is 2. The van der Waals surface area contributed by atoms with Crippen LogP contribution >= 0.6 is 0 Å². The fourth-order valence-electron chi connectivity index (χ4n) is 5.70. The molecule has 1 saturated carbocycles. The quantitative estimate of drug-likeness (QED) is 0.148. The summed E-state index contributed by atoms with van der Waals surface area (Å²) < 4.78 is 11.5. The van der Waals surface area contributed by atoms with E-state index in [-0.39, 0.29) is 30.2 Å². The van der Waals surface area contributed by atoms with E-state index in [0.717, 1.165) is 61.0 Å². The van der Waals surface area contributed by atoms with E-state index < -0.39 is 0 Å². The number of carbonyl (C=O) groups excluding carboxylic acids is 2. The van der Waals surface area contributed by atoms with Crippen molar-refractivity contribution in [2.24, 2.45) is 5.73 Å². The van der Waals surface area contributed by atoms with Crippen LogP contribution in [0.4, 0.5) is 5.69 Å². The molecule has 2 aliphatic rings. The zero-order chi connectivity index (χ0) is 30.4. The Morgan fingerprint density at radius 3 is 2.84 bits per heavy atom. The third-order valence-electron chi connectivity index (χ3n) is 8.05. The Balaban J connectivity index is 1.20. The number of ether oxygens (including phenoxy) is 2. The summed E-state index contributed by atoms with van der Waals surface area (Å²) in [4.78, 5) is 27.0. The van der Waals surface area contributed by atoms with Gasteiger partial charge in [-0.25, -0.2) is 0 Å². The van der Waals surface area contributed by atoms with Gasteiger partial charge in [-0.1, -0.05) is 43.5 Å². The molecular formula is C33H48N5O5+. The highest BCUT2D eigenvalue weighted by atomic mass is 16.5. The summed E-state index contributed by atoms with van der Waals surface area (Å²) in [6.07, 6.45) is 9.44. The first-order chi connectivity index (χ1) is 21.0. The lowest BCUT2D eigenvalue weighted by molar-refractivity contribution is -0.583. The van der Waals surface area contributed by atoms with Crippen LogP contribution in [-0.4, -0.2) is 73.9 Å². The van der Waals surface area contributed by atoms with Crippen molar-refractivity contribution in [3.63, 3.8) is 0 Å². The van der Waals surface area contributed by atoms with Crippen molar-refractivity contribution in [2.45, 2.75) is 64.3 Å². The third-order valence-corrected chi connectivity index (χ3v) is 8.05. The van der Waals surface area contributed by atoms with Crippen LogP contribution in [-0.2, 0) is 27.2 Å². The fraction of sp³-hybridized carbons (Fsp3) is 0.515. The minimum Gasteiger partial charge on any atom is -0.506 e. The van der Waals surface area contributed by atoms with Gasteiger partial charge in [-0.2, -0.15) is 0 Å². The van der Waals surface area contributed by atoms with Gasteiger partial charge in [0, 0.05) is 24.7 Å². The minimum absolute atomic E-state index is 0.00104. The maximum absolute atomic E-state index is 13.3. The van der Waals surface area contributed by atoms with E-state index in [2.05, 4.69) is 39.9 Å². The third kappa shape index (κ3) is 9.71. The maximum Gasteiger partial charge on any atom is 0.262 e. The van der Waals surface area contributed by atoms with Crippen molar-refractivity contribution in [3.8, 4) is 11.5 Å². The highest BCUT2D eigenvalue weighted by molar-refractivity contribution is 5.97. The Hall–Kier alpha value is -3.60. The molecule has 234 valence electrons. The van der Waals surface area contributed by atoms with Crippen molar-refractivity contribution < 1.29 is 29.5 Å². The first-order valence-electron chi connectivity index (χ1n) is 15.7. The summed E-state index contributed by atoms with van der Waals surface area (Å²) in [5.41, 5.74) is 10.4. The predicted molar refractivity (Wildman–Crippen MR) is 168 cm³/mol. The second-order valence-corrected chi connectivity index (χ2v) is 11.2. The average Bonchev–Trinajstić information content (AvgIpc) is 3.03. The molecule has 0 radical (unpaired) electrons. The van der Waals surface area contributed by atoms with Gasteiger partial charge >= 0.3 is 0 Å². The SMILES string of the molecule is CC[NH2+]/C=C(\N)c1cccc(CCOCCC(=O)N(CCNCCc2ccc(O)c3c2OCC(=O)N3)C2CCCCC2)c1. The van der Waals surface area contributed by atoms with Crippen LogP contribution < -0.4 is 26.4 Å². The van der Waals surface area contributed by atoms with Crippen molar-refractivity contribution in [1.29, 1.82) is 0 Å². The number of nitrogens with one attached hydrogen (secondary N) is 2. The molecule has 2 aromatic rings. The number of anilines is 1. The number of quaternary nitrogens is 1. The van der Waals surface area contributed by atoms with Gasteiger partial charge in [0.05, 0.1) is 31.9 Å². The van der Waals surface area contributed by atoms with Gasteiger partial charge in [0.15, 0.2) is 12.4 Å². The average molecular weight is 595 g/mol. The first-order valence-corrected chi connectivity index (χ1v) is 15.7. The van der Waals surface area contributed by atoms with E-state index >= 15 is 0 Å². The molecule has 0 aromatic heterocycles. The zero-order valence-corrected chi connectivity index (χ0v) is 25.4. The topological polar surface area (TPSA) is 143 Å². The van der Waals surface area contributed by atoms with Crippen LogP contribution in [0, 0.1) is 0 Å². The molecule has 7 N–H and O–H groups in total. The number of benzene rings is 2. The lowest BCUT2D eigenvalue weighted by Crippen LogP contribution is -2.77. The van der Waals surface area contributed by atoms with Crippen LogP contribution in [0.25, 0.3) is 5.70 Å². The number of rotatable bonds is 16. The molecule has 0 spiro atoms. The molecule has 1 heterocycles. The van der Waals surface area contributed by atoms with E-state index in [0.29, 0.717) is 57.1 Å². The Labute approximate surface area is 255 Å². The Bertz CT molecular complexity index is 1240. The molecule has 0 saturated heterocycles. The molecule has 43 heavy (non-hydrogen) atoms. The van der Waals surface area contributed by atoms with Crippen LogP contribution in [0.3, 0.4) is 0 Å². The standard InChI is InChI=1S/C33H47N5O5/c1-2-35-22-28(34)26-8-6-7-24(21-26)14-19-42-20-15-31(41)38(27-9-4-3-5-10-27)18-17-36-16-13-25-11-12-29(39)32-33(25)43-23-30(40)37-32/h6-8,11-12,21-22,27,35-36,39H,2-5,9-10,13-20,23,34H2,1H3,(H,37,40)/p+1/b28-22-. The highest BCUT2D eigenvalue weighted by Crippen LogP contribution is 2.39. The van der Waals surface area contributed by atoms with Crippen LogP contribution in [0.2, 0.25) is 0 Å². The van der Waals surface area contributed by atoms with Crippen LogP contribution in [0.15, 0.2) is 42.6 Å².